The lowest BCUT2D eigenvalue weighted by Crippen LogP contribution is -2.41. The van der Waals surface area contributed by atoms with Crippen LogP contribution in [0.15, 0.2) is 207 Å². The fourth-order valence-corrected chi connectivity index (χ4v) is 11.2. The zero-order valence-electron chi connectivity index (χ0n) is 53.2. The number of rotatable bonds is 8. The molecule has 2 saturated heterocycles. The second-order valence-electron chi connectivity index (χ2n) is 23.8. The van der Waals surface area contributed by atoms with Gasteiger partial charge in [0.05, 0.1) is 65.9 Å². The van der Waals surface area contributed by atoms with Crippen LogP contribution < -0.4 is 30.5 Å². The summed E-state index contributed by atoms with van der Waals surface area (Å²) in [5.74, 6) is 2.01. The van der Waals surface area contributed by atoms with Crippen LogP contribution in [-0.2, 0) is 18.6 Å². The van der Waals surface area contributed by atoms with E-state index in [-0.39, 0.29) is 33.3 Å². The van der Waals surface area contributed by atoms with E-state index in [4.69, 9.17) is 47.9 Å². The van der Waals surface area contributed by atoms with E-state index in [1.807, 2.05) is 177 Å². The molecule has 18 nitrogen and oxygen atoms in total. The number of halogens is 2. The Morgan fingerprint density at radius 3 is 1.33 bits per heavy atom. The molecular weight excluding hydrogens is 1310 g/mol. The molecule has 0 spiro atoms. The molecule has 23 heteroatoms. The maximum Gasteiger partial charge on any atom is 0.488 e. The van der Waals surface area contributed by atoms with Gasteiger partial charge < -0.3 is 52.8 Å². The highest BCUT2D eigenvalue weighted by molar-refractivity contribution is 9.10. The normalized spacial score (nSPS) is 14.8. The highest BCUT2D eigenvalue weighted by atomic mass is 79.9. The number of ether oxygens (including phenoxy) is 3. The molecule has 7 aromatic heterocycles. The van der Waals surface area contributed by atoms with Gasteiger partial charge in [0.2, 0.25) is 0 Å². The Hall–Kier alpha value is -8.64. The fourth-order valence-electron chi connectivity index (χ4n) is 10.2. The number of nitrogens with zero attached hydrogens (tertiary/aromatic N) is 5. The van der Waals surface area contributed by atoms with Gasteiger partial charge in [-0.05, 0) is 143 Å². The van der Waals surface area contributed by atoms with Gasteiger partial charge >= 0.3 is 21.1 Å². The minimum Gasteiger partial charge on any atom is -0.494 e. The molecule has 2 fully saturated rings. The summed E-state index contributed by atoms with van der Waals surface area (Å²) in [7, 11) is 2.36. The number of methoxy groups -OCH3 is 3. The van der Waals surface area contributed by atoms with E-state index < -0.39 is 21.1 Å². The van der Waals surface area contributed by atoms with Crippen LogP contribution in [0, 0.1) is 0 Å². The standard InChI is InChI=1S/C24H17N3O2.C14H9BrN2O.C12H24B2O4.C10H10BNO3.C10H8BrNO/c1-29-21-13-17(12-16-8-5-10-25-23(16)21)18-14-19-20(28)9-11-26-24(19)27-22(18)15-6-3-2-4-7-15;15-11-8-10-12(18)6-7-16-14(10)17-13(11)9-4-2-1-3-5-9;1-9(2)10(3,4)16-13(15-9)14-17-11(5,6)12(7,8)18-14;1-15-9-6-8(11(13)14)5-7-3-2-4-12-10(7)9;1-13-9-6-8(11)5-7-3-2-4-12-10(7)9/h2-14H,1H3,(H,26,27,28);1-8H,(H,16,17,18);1-8H3;2-6,13-14H,1H3;2-6H,1H3. The molecule has 14 rings (SSSR count). The summed E-state index contributed by atoms with van der Waals surface area (Å²) in [4.78, 5) is 52.4. The average molecular weight is 1380 g/mol. The van der Waals surface area contributed by atoms with E-state index in [0.717, 1.165) is 75.5 Å². The summed E-state index contributed by atoms with van der Waals surface area (Å²) in [6.07, 6.45) is 8.41. The SMILES string of the molecule is CC1(C)OB(B2OC(C)(C)C(C)(C)O2)OC1(C)C.COc1cc(-c2cc3c(=O)cc[nH]c3nc2-c2ccccc2)cc2cccnc12.COc1cc(B(O)O)cc2cccnc12.COc1cc(Br)cc2cccnc12.O=c1cc[nH]c2nc(-c3ccccc3)c(Br)cc12. The first-order chi connectivity index (χ1) is 44.4. The van der Waals surface area contributed by atoms with Crippen LogP contribution in [-0.4, -0.2) is 110 Å². The van der Waals surface area contributed by atoms with Crippen LogP contribution >= 0.6 is 31.9 Å². The van der Waals surface area contributed by atoms with Crippen molar-refractivity contribution in [2.45, 2.75) is 77.8 Å². The maximum absolute atomic E-state index is 12.5. The molecular formula is C70H68B3Br2N7O11. The molecule has 0 saturated carbocycles. The van der Waals surface area contributed by atoms with Gasteiger partial charge in [0.15, 0.2) is 10.9 Å². The summed E-state index contributed by atoms with van der Waals surface area (Å²) in [6.45, 7) is 16.2. The second-order valence-corrected chi connectivity index (χ2v) is 25.5. The van der Waals surface area contributed by atoms with Crippen LogP contribution in [0.4, 0.5) is 0 Å². The number of H-pyrrole nitrogens is 2. The number of hydrogen-bond acceptors (Lipinski definition) is 16. The monoisotopic (exact) mass is 1370 g/mol. The number of aromatic amines is 2. The molecule has 0 bridgehead atoms. The quantitative estimate of drug-likeness (QED) is 0.104. The van der Waals surface area contributed by atoms with E-state index in [0.29, 0.717) is 44.5 Å². The van der Waals surface area contributed by atoms with Crippen LogP contribution in [0.3, 0.4) is 0 Å². The Morgan fingerprint density at radius 1 is 0.462 bits per heavy atom. The van der Waals surface area contributed by atoms with Crippen molar-refractivity contribution in [3.05, 3.63) is 218 Å². The second kappa shape index (κ2) is 28.3. The van der Waals surface area contributed by atoms with Crippen molar-refractivity contribution in [1.82, 2.24) is 34.9 Å². The van der Waals surface area contributed by atoms with Gasteiger partial charge in [0.25, 0.3) is 0 Å². The lowest BCUT2D eigenvalue weighted by molar-refractivity contribution is 0.00578. The zero-order chi connectivity index (χ0) is 66.4. The molecule has 2 aliphatic heterocycles. The van der Waals surface area contributed by atoms with Gasteiger partial charge in [-0.2, -0.15) is 0 Å². The van der Waals surface area contributed by atoms with E-state index in [1.165, 1.54) is 19.2 Å². The van der Waals surface area contributed by atoms with E-state index >= 15 is 0 Å². The van der Waals surface area contributed by atoms with Gasteiger partial charge in [-0.1, -0.05) is 101 Å². The number of pyridine rings is 7. The number of benzene rings is 5. The third kappa shape index (κ3) is 14.9. The predicted molar refractivity (Wildman–Crippen MR) is 377 cm³/mol. The van der Waals surface area contributed by atoms with Gasteiger partial charge in [0, 0.05) is 84.9 Å². The number of hydrogen-bond donors (Lipinski definition) is 4. The maximum atomic E-state index is 12.5. The third-order valence-electron chi connectivity index (χ3n) is 16.6. The highest BCUT2D eigenvalue weighted by Gasteiger charge is 2.63. The number of nitrogens with one attached hydrogen (secondary N) is 2. The fraction of sp³-hybridized carbons (Fsp3) is 0.214. The van der Waals surface area contributed by atoms with Crippen molar-refractivity contribution in [2.75, 3.05) is 21.3 Å². The van der Waals surface area contributed by atoms with Crippen LogP contribution in [0.25, 0.3) is 88.4 Å². The van der Waals surface area contributed by atoms with Gasteiger partial charge in [-0.3, -0.25) is 24.5 Å². The highest BCUT2D eigenvalue weighted by Crippen LogP contribution is 2.43. The van der Waals surface area contributed by atoms with Crippen LogP contribution in [0.1, 0.15) is 55.4 Å². The minimum atomic E-state index is -1.50. The molecule has 0 aliphatic carbocycles. The summed E-state index contributed by atoms with van der Waals surface area (Å²) in [5.41, 5.74) is 7.81. The van der Waals surface area contributed by atoms with Crippen molar-refractivity contribution in [3.8, 4) is 50.9 Å². The van der Waals surface area contributed by atoms with Crippen molar-refractivity contribution >= 4 is 113 Å². The molecule has 472 valence electrons. The zero-order valence-corrected chi connectivity index (χ0v) is 56.4. The molecule has 93 heavy (non-hydrogen) atoms. The summed E-state index contributed by atoms with van der Waals surface area (Å²) >= 11 is 6.89. The average Bonchev–Trinajstić information content (AvgIpc) is 1.41. The largest absolute Gasteiger partial charge is 0.494 e. The smallest absolute Gasteiger partial charge is 0.488 e. The Morgan fingerprint density at radius 2 is 0.871 bits per heavy atom. The Kier molecular flexibility index (Phi) is 20.5. The van der Waals surface area contributed by atoms with E-state index in [9.17, 15) is 9.59 Å². The topological polar surface area (TPSA) is 235 Å². The molecule has 4 N–H and O–H groups in total. The number of aromatic nitrogens is 7. The number of fused-ring (bicyclic) bond motifs is 5. The molecule has 0 unspecified atom stereocenters. The van der Waals surface area contributed by atoms with Crippen molar-refractivity contribution in [3.63, 3.8) is 0 Å². The molecule has 0 radical (unpaired) electrons. The van der Waals surface area contributed by atoms with Crippen molar-refractivity contribution < 1.29 is 42.9 Å². The van der Waals surface area contributed by atoms with E-state index in [1.54, 1.807) is 63.4 Å². The summed E-state index contributed by atoms with van der Waals surface area (Å²) in [6, 6.07) is 49.1. The first kappa shape index (κ1) is 67.3. The minimum absolute atomic E-state index is 0.0310. The molecule has 0 amide bonds. The summed E-state index contributed by atoms with van der Waals surface area (Å²) < 4.78 is 41.6. The molecule has 12 aromatic rings. The van der Waals surface area contributed by atoms with Gasteiger partial charge in [-0.25, -0.2) is 9.97 Å². The Labute approximate surface area is 555 Å². The first-order valence-electron chi connectivity index (χ1n) is 29.7. The van der Waals surface area contributed by atoms with Crippen molar-refractivity contribution in [2.24, 2.45) is 0 Å². The molecule has 0 atom stereocenters. The third-order valence-corrected chi connectivity index (χ3v) is 17.6. The van der Waals surface area contributed by atoms with Crippen LogP contribution in [0.2, 0.25) is 0 Å². The first-order valence-corrected chi connectivity index (χ1v) is 31.3. The molecule has 2 aliphatic rings. The summed E-state index contributed by atoms with van der Waals surface area (Å²) in [5, 5.41) is 22.2. The Balaban J connectivity index is 0.000000131. The van der Waals surface area contributed by atoms with Crippen molar-refractivity contribution in [1.29, 1.82) is 0 Å². The molecule has 9 heterocycles. The lowest BCUT2D eigenvalue weighted by Gasteiger charge is -2.32. The molecule has 5 aromatic carbocycles. The van der Waals surface area contributed by atoms with Gasteiger partial charge in [-0.15, -0.1) is 0 Å². The van der Waals surface area contributed by atoms with Gasteiger partial charge in [0.1, 0.15) is 45.1 Å². The van der Waals surface area contributed by atoms with Crippen LogP contribution in [0.5, 0.6) is 17.2 Å². The lowest BCUT2D eigenvalue weighted by atomic mass is 9.49. The van der Waals surface area contributed by atoms with E-state index in [2.05, 4.69) is 67.8 Å². The predicted octanol–water partition coefficient (Wildman–Crippen LogP) is 13.3. The Bertz CT molecular complexity index is 4710.